The number of benzene rings is 16. The zero-order valence-electron chi connectivity index (χ0n) is 62.8. The Hall–Kier alpha value is -14.0. The van der Waals surface area contributed by atoms with Crippen molar-refractivity contribution in [3.63, 3.8) is 0 Å². The van der Waals surface area contributed by atoms with Gasteiger partial charge in [0.25, 0.3) is 0 Å². The molecular weight excluding hydrogens is 1450 g/mol. The van der Waals surface area contributed by atoms with E-state index in [1.54, 1.807) is 97.1 Å². The third-order valence-corrected chi connectivity index (χ3v) is 23.2. The molecule has 0 aliphatic rings. The number of hydrogen-bond acceptors (Lipinski definition) is 10. The van der Waals surface area contributed by atoms with Gasteiger partial charge in [-0.05, 0) is 242 Å². The van der Waals surface area contributed by atoms with Crippen LogP contribution in [0.15, 0.2) is 408 Å². The SMILES string of the molecule is Cc1ccc(C(=O)c2ccc(Oc3ccc(-c4ccc(Oc5ccc(C(=O)c6ccc(C)cc6)cc5)c(-c5ccccc5)c4)cc3-c3ccccc3)cc2)cc1.Cc1ccc(S(=O)(=O)c2ccc(Oc3ccc(-c4ccc(Oc5ccc(S(=O)(=O)c6ccc(C)cc6)cc5)c(-c5ccccc5)c4)cc3-c3ccccc3)cc2)cc1. The molecule has 0 heterocycles. The largest absolute Gasteiger partial charge is 0.457 e. The summed E-state index contributed by atoms with van der Waals surface area (Å²) in [6.07, 6.45) is 0. The van der Waals surface area contributed by atoms with Gasteiger partial charge in [-0.25, -0.2) is 16.8 Å². The molecule has 0 N–H and O–H groups in total. The molecule has 0 radical (unpaired) electrons. The molecule has 0 saturated carbocycles. The van der Waals surface area contributed by atoms with Crippen LogP contribution >= 0.6 is 0 Å². The normalized spacial score (nSPS) is 11.2. The van der Waals surface area contributed by atoms with Crippen LogP contribution in [0, 0.1) is 27.7 Å². The summed E-state index contributed by atoms with van der Waals surface area (Å²) in [7, 11) is -7.36. The van der Waals surface area contributed by atoms with Crippen molar-refractivity contribution in [2.75, 3.05) is 0 Å². The highest BCUT2D eigenvalue weighted by molar-refractivity contribution is 7.91. The van der Waals surface area contributed by atoms with Gasteiger partial charge in [0.05, 0.1) is 19.6 Å². The van der Waals surface area contributed by atoms with Crippen molar-refractivity contribution in [2.45, 2.75) is 47.3 Å². The van der Waals surface area contributed by atoms with Crippen molar-refractivity contribution >= 4 is 31.2 Å². The molecular formula is C102H76O10S2. The highest BCUT2D eigenvalue weighted by Crippen LogP contribution is 2.44. The molecule has 16 rings (SSSR count). The van der Waals surface area contributed by atoms with Crippen LogP contribution < -0.4 is 18.9 Å². The molecule has 0 spiro atoms. The molecule has 0 aromatic heterocycles. The number of ketones is 2. The molecule has 10 nitrogen and oxygen atoms in total. The average Bonchev–Trinajstić information content (AvgIpc) is 0.821. The first-order valence-electron chi connectivity index (χ1n) is 37.2. The van der Waals surface area contributed by atoms with E-state index in [-0.39, 0.29) is 31.1 Å². The van der Waals surface area contributed by atoms with Gasteiger partial charge in [-0.2, -0.15) is 0 Å². The van der Waals surface area contributed by atoms with E-state index >= 15 is 0 Å². The van der Waals surface area contributed by atoms with Crippen LogP contribution in [0.25, 0.3) is 66.8 Å². The summed E-state index contributed by atoms with van der Waals surface area (Å²) in [5, 5.41) is 0. The molecule has 0 bridgehead atoms. The quantitative estimate of drug-likeness (QED) is 0.0603. The number of hydrogen-bond donors (Lipinski definition) is 0. The monoisotopic (exact) mass is 1520 g/mol. The van der Waals surface area contributed by atoms with Crippen molar-refractivity contribution < 1.29 is 45.4 Å². The Morgan fingerprint density at radius 1 is 0.202 bits per heavy atom. The maximum atomic E-state index is 13.3. The first-order chi connectivity index (χ1) is 55.4. The first-order valence-corrected chi connectivity index (χ1v) is 40.2. The molecule has 0 aliphatic heterocycles. The van der Waals surface area contributed by atoms with Crippen LogP contribution in [-0.2, 0) is 19.7 Å². The van der Waals surface area contributed by atoms with E-state index < -0.39 is 19.7 Å². The standard InChI is InChI=1S/C52H38O4.C50H38O6S2/c1-35-13-17-39(18-14-35)51(53)41-21-27-45(28-22-41)55-49-31-25-43(33-47(49)37-9-5-3-6-10-37)44-26-32-50(48(34-44)38-11-7-4-8-12-38)56-46-29-23-42(24-30-46)52(54)40-19-15-36(2)16-20-40;1-35-13-23-43(24-14-35)57(51,52)45-27-19-41(20-28-45)55-49-31-17-39(33-47(49)37-9-5-3-6-10-37)40-18-32-50(48(34-40)38-11-7-4-8-12-38)56-42-21-29-46(30-22-42)58(53,54)44-25-15-36(2)16-26-44/h3-34H,1-2H3;3-34H,1-2H3. The van der Waals surface area contributed by atoms with Gasteiger partial charge in [0, 0.05) is 44.5 Å². The molecule has 0 aliphatic carbocycles. The van der Waals surface area contributed by atoms with E-state index in [0.29, 0.717) is 68.2 Å². The molecule has 0 unspecified atom stereocenters. The van der Waals surface area contributed by atoms with E-state index in [0.717, 1.165) is 89.0 Å². The predicted molar refractivity (Wildman–Crippen MR) is 454 cm³/mol. The fourth-order valence-electron chi connectivity index (χ4n) is 13.2. The van der Waals surface area contributed by atoms with Gasteiger partial charge in [-0.1, -0.05) is 241 Å². The number of rotatable bonds is 22. The minimum Gasteiger partial charge on any atom is -0.457 e. The topological polar surface area (TPSA) is 139 Å². The Morgan fingerprint density at radius 3 is 0.605 bits per heavy atom. The van der Waals surface area contributed by atoms with Gasteiger partial charge in [0.15, 0.2) is 11.6 Å². The lowest BCUT2D eigenvalue weighted by molar-refractivity contribution is 0.103. The fourth-order valence-corrected chi connectivity index (χ4v) is 15.8. The van der Waals surface area contributed by atoms with Gasteiger partial charge >= 0.3 is 0 Å². The number of carbonyl (C=O) groups excluding carboxylic acids is 2. The summed E-state index contributed by atoms with van der Waals surface area (Å²) < 4.78 is 79.0. The summed E-state index contributed by atoms with van der Waals surface area (Å²) >= 11 is 0. The van der Waals surface area contributed by atoms with Crippen LogP contribution in [-0.4, -0.2) is 28.4 Å². The van der Waals surface area contributed by atoms with Crippen molar-refractivity contribution in [3.05, 3.63) is 433 Å². The van der Waals surface area contributed by atoms with E-state index in [2.05, 4.69) is 60.7 Å². The molecule has 0 saturated heterocycles. The highest BCUT2D eigenvalue weighted by atomic mass is 32.2. The number of sulfone groups is 2. The van der Waals surface area contributed by atoms with Gasteiger partial charge in [-0.15, -0.1) is 0 Å². The Balaban J connectivity index is 0.000000180. The van der Waals surface area contributed by atoms with E-state index in [4.69, 9.17) is 18.9 Å². The number of aryl methyl sites for hydroxylation is 4. The third kappa shape index (κ3) is 17.4. The van der Waals surface area contributed by atoms with Crippen molar-refractivity contribution in [3.8, 4) is 113 Å². The van der Waals surface area contributed by atoms with Crippen LogP contribution in [0.2, 0.25) is 0 Å². The Bertz CT molecular complexity index is 5950. The van der Waals surface area contributed by atoms with Crippen molar-refractivity contribution in [1.29, 1.82) is 0 Å². The molecule has 556 valence electrons. The summed E-state index contributed by atoms with van der Waals surface area (Å²) in [5.74, 6) is 4.84. The van der Waals surface area contributed by atoms with Crippen molar-refractivity contribution in [1.82, 2.24) is 0 Å². The first kappa shape index (κ1) is 75.4. The second kappa shape index (κ2) is 33.7. The average molecular weight is 1530 g/mol. The maximum Gasteiger partial charge on any atom is 0.206 e. The third-order valence-electron chi connectivity index (χ3n) is 19.6. The number of ether oxygens (including phenoxy) is 4. The second-order valence-corrected chi connectivity index (χ2v) is 31.6. The van der Waals surface area contributed by atoms with E-state index in [9.17, 15) is 26.4 Å². The van der Waals surface area contributed by atoms with Gasteiger partial charge in [0.2, 0.25) is 19.7 Å². The minimum atomic E-state index is -3.68. The Labute approximate surface area is 665 Å². The predicted octanol–water partition coefficient (Wildman–Crippen LogP) is 25.9. The Morgan fingerprint density at radius 2 is 0.386 bits per heavy atom. The zero-order chi connectivity index (χ0) is 78.7. The van der Waals surface area contributed by atoms with Crippen LogP contribution in [0.1, 0.15) is 54.1 Å². The molecule has 114 heavy (non-hydrogen) atoms. The lowest BCUT2D eigenvalue weighted by atomic mass is 9.95. The van der Waals surface area contributed by atoms with Crippen molar-refractivity contribution in [2.24, 2.45) is 0 Å². The maximum absolute atomic E-state index is 13.3. The van der Waals surface area contributed by atoms with Crippen LogP contribution in [0.3, 0.4) is 0 Å². The zero-order valence-corrected chi connectivity index (χ0v) is 64.5. The van der Waals surface area contributed by atoms with E-state index in [1.165, 1.54) is 0 Å². The molecule has 0 atom stereocenters. The van der Waals surface area contributed by atoms with Gasteiger partial charge in [-0.3, -0.25) is 9.59 Å². The highest BCUT2D eigenvalue weighted by Gasteiger charge is 2.23. The minimum absolute atomic E-state index is 0.0274. The molecule has 16 aromatic carbocycles. The summed E-state index contributed by atoms with van der Waals surface area (Å²) in [4.78, 5) is 27.0. The lowest BCUT2D eigenvalue weighted by Crippen LogP contribution is -2.02. The molecule has 12 heteroatoms. The van der Waals surface area contributed by atoms with Gasteiger partial charge in [0.1, 0.15) is 46.0 Å². The fraction of sp³-hybridized carbons (Fsp3) is 0.0392. The molecule has 0 amide bonds. The van der Waals surface area contributed by atoms with Crippen LogP contribution in [0.5, 0.6) is 46.0 Å². The van der Waals surface area contributed by atoms with Gasteiger partial charge < -0.3 is 18.9 Å². The summed E-state index contributed by atoms with van der Waals surface area (Å²) in [5.41, 5.74) is 18.1. The smallest absolute Gasteiger partial charge is 0.206 e. The summed E-state index contributed by atoms with van der Waals surface area (Å²) in [6.45, 7) is 7.84. The molecule has 16 aromatic rings. The van der Waals surface area contributed by atoms with Crippen LogP contribution in [0.4, 0.5) is 0 Å². The van der Waals surface area contributed by atoms with E-state index in [1.807, 2.05) is 258 Å². The Kier molecular flexibility index (Phi) is 22.3. The summed E-state index contributed by atoms with van der Waals surface area (Å²) in [6, 6.07) is 121. The molecule has 0 fully saturated rings. The second-order valence-electron chi connectivity index (χ2n) is 27.7. The number of carbonyl (C=O) groups is 2. The lowest BCUT2D eigenvalue weighted by Gasteiger charge is -2.16.